The van der Waals surface area contributed by atoms with Crippen LogP contribution in [0.2, 0.25) is 0 Å². The number of fused-ring (bicyclic) bond motifs is 1. The quantitative estimate of drug-likeness (QED) is 0.169. The van der Waals surface area contributed by atoms with Crippen molar-refractivity contribution >= 4 is 28.6 Å². The van der Waals surface area contributed by atoms with Gasteiger partial charge in [0, 0.05) is 17.7 Å². The lowest BCUT2D eigenvalue weighted by atomic mass is 10.1. The van der Waals surface area contributed by atoms with Crippen molar-refractivity contribution in [2.45, 2.75) is 6.61 Å². The third kappa shape index (κ3) is 5.35. The fourth-order valence-corrected chi connectivity index (χ4v) is 3.86. The normalized spacial score (nSPS) is 11.0. The number of hydrogen-bond donors (Lipinski definition) is 2. The molecule has 4 aromatic carbocycles. The van der Waals surface area contributed by atoms with Crippen molar-refractivity contribution in [1.82, 2.24) is 15.6 Å². The molecular weight excluding hydrogens is 470 g/mol. The molecule has 0 aliphatic rings. The molecule has 0 unspecified atom stereocenters. The van der Waals surface area contributed by atoms with Gasteiger partial charge in [-0.3, -0.25) is 20.0 Å². The van der Waals surface area contributed by atoms with Crippen LogP contribution in [0.1, 0.15) is 21.6 Å². The first-order chi connectivity index (χ1) is 18.1. The van der Waals surface area contributed by atoms with E-state index in [1.54, 1.807) is 6.07 Å². The van der Waals surface area contributed by atoms with Crippen LogP contribution in [0.15, 0.2) is 102 Å². The Morgan fingerprint density at radius 2 is 1.76 bits per heavy atom. The number of nitro groups is 1. The van der Waals surface area contributed by atoms with E-state index < -0.39 is 10.8 Å². The molecule has 1 aromatic heterocycles. The van der Waals surface area contributed by atoms with Crippen molar-refractivity contribution in [3.63, 3.8) is 0 Å². The molecule has 0 aliphatic carbocycles. The van der Waals surface area contributed by atoms with Gasteiger partial charge in [0.15, 0.2) is 0 Å². The maximum Gasteiger partial charge on any atom is 0.289 e. The number of carbonyl (C=O) groups is 1. The van der Waals surface area contributed by atoms with E-state index in [2.05, 4.69) is 38.9 Å². The van der Waals surface area contributed by atoms with Gasteiger partial charge in [-0.25, -0.2) is 5.43 Å². The number of H-pyrrole nitrogens is 1. The van der Waals surface area contributed by atoms with Gasteiger partial charge in [0.25, 0.3) is 11.6 Å². The number of nitrogens with zero attached hydrogens (tertiary/aromatic N) is 3. The van der Waals surface area contributed by atoms with Crippen LogP contribution in [-0.2, 0) is 6.61 Å². The van der Waals surface area contributed by atoms with E-state index in [1.807, 2.05) is 48.5 Å². The standard InChI is InChI=1S/C28H21N5O4/c34-28(32-29-17-19-12-14-22(15-13-19)33(35)36)26-16-25(30-31-26)24-10-3-4-11-27(24)37-18-21-8-5-7-20-6-1-2-9-23(20)21/h1-17H,18H2,(H,30,31)(H,32,34)/b29-17+. The molecule has 0 aliphatic heterocycles. The number of benzene rings is 4. The molecule has 0 radical (unpaired) electrons. The summed E-state index contributed by atoms with van der Waals surface area (Å²) in [6.07, 6.45) is 1.40. The zero-order valence-electron chi connectivity index (χ0n) is 19.5. The molecule has 0 saturated carbocycles. The lowest BCUT2D eigenvalue weighted by molar-refractivity contribution is -0.384. The van der Waals surface area contributed by atoms with Gasteiger partial charge in [0.1, 0.15) is 18.1 Å². The number of amides is 1. The average Bonchev–Trinajstić information content (AvgIpc) is 3.43. The number of aromatic nitrogens is 2. The van der Waals surface area contributed by atoms with Gasteiger partial charge in [-0.05, 0) is 52.2 Å². The first-order valence-corrected chi connectivity index (χ1v) is 11.4. The van der Waals surface area contributed by atoms with Crippen molar-refractivity contribution < 1.29 is 14.5 Å². The Bertz CT molecular complexity index is 1600. The molecule has 9 nitrogen and oxygen atoms in total. The summed E-state index contributed by atoms with van der Waals surface area (Å²) < 4.78 is 6.17. The summed E-state index contributed by atoms with van der Waals surface area (Å²) >= 11 is 0. The molecule has 0 fully saturated rings. The zero-order valence-corrected chi connectivity index (χ0v) is 19.5. The molecule has 0 bridgehead atoms. The van der Waals surface area contributed by atoms with Crippen LogP contribution in [-0.4, -0.2) is 27.2 Å². The minimum absolute atomic E-state index is 0.0208. The number of non-ortho nitro benzene ring substituents is 1. The lowest BCUT2D eigenvalue weighted by Crippen LogP contribution is -2.18. The van der Waals surface area contributed by atoms with Gasteiger partial charge in [0.05, 0.1) is 16.8 Å². The number of aromatic amines is 1. The minimum Gasteiger partial charge on any atom is -0.488 e. The Morgan fingerprint density at radius 3 is 2.59 bits per heavy atom. The predicted molar refractivity (Wildman–Crippen MR) is 140 cm³/mol. The topological polar surface area (TPSA) is 123 Å². The van der Waals surface area contributed by atoms with Crippen molar-refractivity contribution in [2.24, 2.45) is 5.10 Å². The van der Waals surface area contributed by atoms with E-state index in [1.165, 1.54) is 30.5 Å². The van der Waals surface area contributed by atoms with Crippen molar-refractivity contribution in [3.8, 4) is 17.0 Å². The first-order valence-electron chi connectivity index (χ1n) is 11.4. The zero-order chi connectivity index (χ0) is 25.6. The summed E-state index contributed by atoms with van der Waals surface area (Å²) in [7, 11) is 0. The van der Waals surface area contributed by atoms with Gasteiger partial charge in [-0.15, -0.1) is 0 Å². The smallest absolute Gasteiger partial charge is 0.289 e. The van der Waals surface area contributed by atoms with Crippen LogP contribution in [0.25, 0.3) is 22.0 Å². The Balaban J connectivity index is 1.27. The number of hydrazone groups is 1. The molecular formula is C28H21N5O4. The van der Waals surface area contributed by atoms with Gasteiger partial charge in [-0.1, -0.05) is 54.6 Å². The molecule has 37 heavy (non-hydrogen) atoms. The third-order valence-corrected chi connectivity index (χ3v) is 5.73. The molecule has 5 rings (SSSR count). The number of para-hydroxylation sites is 1. The van der Waals surface area contributed by atoms with Crippen LogP contribution < -0.4 is 10.2 Å². The first kappa shape index (κ1) is 23.4. The number of carbonyl (C=O) groups excluding carboxylic acids is 1. The van der Waals surface area contributed by atoms with Crippen molar-refractivity contribution in [1.29, 1.82) is 0 Å². The highest BCUT2D eigenvalue weighted by Crippen LogP contribution is 2.30. The van der Waals surface area contributed by atoms with Gasteiger partial charge >= 0.3 is 0 Å². The Hall–Kier alpha value is -5.31. The van der Waals surface area contributed by atoms with E-state index in [0.29, 0.717) is 23.6 Å². The number of rotatable bonds is 8. The minimum atomic E-state index is -0.481. The highest BCUT2D eigenvalue weighted by atomic mass is 16.6. The summed E-state index contributed by atoms with van der Waals surface area (Å²) in [5, 5.41) is 24.0. The molecule has 0 atom stereocenters. The van der Waals surface area contributed by atoms with E-state index in [-0.39, 0.29) is 11.4 Å². The van der Waals surface area contributed by atoms with Crippen LogP contribution >= 0.6 is 0 Å². The Morgan fingerprint density at radius 1 is 1.00 bits per heavy atom. The van der Waals surface area contributed by atoms with E-state index >= 15 is 0 Å². The molecule has 9 heteroatoms. The van der Waals surface area contributed by atoms with E-state index in [0.717, 1.165) is 21.9 Å². The van der Waals surface area contributed by atoms with Crippen LogP contribution in [0, 0.1) is 10.1 Å². The van der Waals surface area contributed by atoms with Crippen LogP contribution in [0.5, 0.6) is 5.75 Å². The molecule has 5 aromatic rings. The summed E-state index contributed by atoms with van der Waals surface area (Å²) in [6.45, 7) is 0.382. The Labute approximate surface area is 211 Å². The molecule has 182 valence electrons. The molecule has 0 spiro atoms. The second kappa shape index (κ2) is 10.5. The summed E-state index contributed by atoms with van der Waals surface area (Å²) in [5.74, 6) is 0.163. The van der Waals surface area contributed by atoms with Crippen molar-refractivity contribution in [2.75, 3.05) is 0 Å². The molecule has 1 amide bonds. The van der Waals surface area contributed by atoms with Crippen LogP contribution in [0.4, 0.5) is 5.69 Å². The number of ether oxygens (including phenoxy) is 1. The largest absolute Gasteiger partial charge is 0.488 e. The average molecular weight is 492 g/mol. The second-order valence-corrected chi connectivity index (χ2v) is 8.14. The lowest BCUT2D eigenvalue weighted by Gasteiger charge is -2.12. The fraction of sp³-hybridized carbons (Fsp3) is 0.0357. The highest BCUT2D eigenvalue weighted by Gasteiger charge is 2.14. The highest BCUT2D eigenvalue weighted by molar-refractivity contribution is 5.94. The van der Waals surface area contributed by atoms with Crippen LogP contribution in [0.3, 0.4) is 0 Å². The molecule has 0 saturated heterocycles. The SMILES string of the molecule is O=C(N/N=C/c1ccc([N+](=O)[O-])cc1)c1cc(-c2ccccc2OCc2cccc3ccccc23)n[nH]1. The second-order valence-electron chi connectivity index (χ2n) is 8.14. The molecule has 2 N–H and O–H groups in total. The monoisotopic (exact) mass is 491 g/mol. The summed E-state index contributed by atoms with van der Waals surface area (Å²) in [6, 6.07) is 29.2. The van der Waals surface area contributed by atoms with Gasteiger partial charge < -0.3 is 4.74 Å². The maximum atomic E-state index is 12.5. The Kier molecular flexibility index (Phi) is 6.67. The number of nitro benzene ring substituents is 1. The number of nitrogens with one attached hydrogen (secondary N) is 2. The molecule has 1 heterocycles. The van der Waals surface area contributed by atoms with E-state index in [9.17, 15) is 14.9 Å². The van der Waals surface area contributed by atoms with Gasteiger partial charge in [-0.2, -0.15) is 10.2 Å². The summed E-state index contributed by atoms with van der Waals surface area (Å²) in [4.78, 5) is 22.8. The predicted octanol–water partition coefficient (Wildman–Crippen LogP) is 5.48. The fourth-order valence-electron chi connectivity index (χ4n) is 3.86. The van der Waals surface area contributed by atoms with E-state index in [4.69, 9.17) is 4.74 Å². The van der Waals surface area contributed by atoms with Crippen molar-refractivity contribution in [3.05, 3.63) is 124 Å². The number of hydrogen-bond acceptors (Lipinski definition) is 6. The van der Waals surface area contributed by atoms with Gasteiger partial charge in [0.2, 0.25) is 0 Å². The maximum absolute atomic E-state index is 12.5. The summed E-state index contributed by atoms with van der Waals surface area (Å²) in [5.41, 5.74) is 5.60. The third-order valence-electron chi connectivity index (χ3n) is 5.73.